The molecule has 0 unspecified atom stereocenters. The third-order valence-corrected chi connectivity index (χ3v) is 6.26. The number of ether oxygens (including phenoxy) is 2. The van der Waals surface area contributed by atoms with Gasteiger partial charge in [0.15, 0.2) is 11.5 Å². The summed E-state index contributed by atoms with van der Waals surface area (Å²) in [7, 11) is 0. The Bertz CT molecular complexity index is 778. The predicted octanol–water partition coefficient (Wildman–Crippen LogP) is 4.57. The van der Waals surface area contributed by atoms with Gasteiger partial charge in [0.2, 0.25) is 11.8 Å². The van der Waals surface area contributed by atoms with E-state index in [1.54, 1.807) is 12.2 Å². The predicted molar refractivity (Wildman–Crippen MR) is 127 cm³/mol. The van der Waals surface area contributed by atoms with E-state index in [0.29, 0.717) is 24.9 Å². The number of hydrogen-bond donors (Lipinski definition) is 1. The van der Waals surface area contributed by atoms with E-state index in [2.05, 4.69) is 12.2 Å². The van der Waals surface area contributed by atoms with E-state index in [-0.39, 0.29) is 17.9 Å². The first kappa shape index (κ1) is 24.1. The summed E-state index contributed by atoms with van der Waals surface area (Å²) < 4.78 is 11.4. The number of carbonyl (C=O) groups excluding carboxylic acids is 2. The maximum absolute atomic E-state index is 12.7. The molecule has 6 heteroatoms. The molecule has 0 bridgehead atoms. The lowest BCUT2D eigenvalue weighted by atomic mass is 9.87. The van der Waals surface area contributed by atoms with Gasteiger partial charge in [-0.2, -0.15) is 0 Å². The molecule has 1 aliphatic heterocycles. The Morgan fingerprint density at radius 2 is 1.78 bits per heavy atom. The van der Waals surface area contributed by atoms with E-state index in [1.165, 1.54) is 19.3 Å². The fraction of sp³-hybridized carbons (Fsp3) is 0.615. The lowest BCUT2D eigenvalue weighted by molar-refractivity contribution is -0.137. The molecule has 0 spiro atoms. The highest BCUT2D eigenvalue weighted by Gasteiger charge is 2.29. The van der Waals surface area contributed by atoms with Crippen LogP contribution in [0.3, 0.4) is 0 Å². The van der Waals surface area contributed by atoms with Crippen molar-refractivity contribution in [2.45, 2.75) is 71.3 Å². The van der Waals surface area contributed by atoms with E-state index < -0.39 is 0 Å². The molecule has 1 aliphatic carbocycles. The van der Waals surface area contributed by atoms with Crippen molar-refractivity contribution in [3.05, 3.63) is 29.8 Å². The highest BCUT2D eigenvalue weighted by Crippen LogP contribution is 2.29. The Hall–Kier alpha value is -2.50. The van der Waals surface area contributed by atoms with Crippen LogP contribution < -0.4 is 14.8 Å². The minimum atomic E-state index is -0.105. The summed E-state index contributed by atoms with van der Waals surface area (Å²) in [6, 6.07) is 5.82. The summed E-state index contributed by atoms with van der Waals surface area (Å²) in [6.07, 6.45) is 11.6. The molecule has 1 aromatic rings. The number of carbonyl (C=O) groups is 2. The zero-order valence-corrected chi connectivity index (χ0v) is 19.6. The highest BCUT2D eigenvalue weighted by molar-refractivity contribution is 5.92. The van der Waals surface area contributed by atoms with Crippen molar-refractivity contribution in [1.82, 2.24) is 10.2 Å². The van der Waals surface area contributed by atoms with Crippen molar-refractivity contribution in [3.63, 3.8) is 0 Å². The summed E-state index contributed by atoms with van der Waals surface area (Å²) >= 11 is 0. The molecule has 1 aromatic carbocycles. The van der Waals surface area contributed by atoms with Gasteiger partial charge in [-0.1, -0.05) is 32.3 Å². The fourth-order valence-corrected chi connectivity index (χ4v) is 4.50. The Balaban J connectivity index is 1.47. The average Bonchev–Trinajstić information content (AvgIpc) is 2.83. The molecule has 1 heterocycles. The van der Waals surface area contributed by atoms with Crippen LogP contribution in [-0.4, -0.2) is 49.1 Å². The maximum atomic E-state index is 12.7. The third-order valence-electron chi connectivity index (χ3n) is 6.26. The minimum absolute atomic E-state index is 0.105. The Kier molecular flexibility index (Phi) is 9.44. The second kappa shape index (κ2) is 12.5. The van der Waals surface area contributed by atoms with Crippen molar-refractivity contribution in [2.24, 2.45) is 5.92 Å². The summed E-state index contributed by atoms with van der Waals surface area (Å²) in [5, 5.41) is 3.09. The first-order chi connectivity index (χ1) is 15.6. The van der Waals surface area contributed by atoms with E-state index >= 15 is 0 Å². The van der Waals surface area contributed by atoms with Crippen LogP contribution in [0.2, 0.25) is 0 Å². The maximum Gasteiger partial charge on any atom is 0.244 e. The lowest BCUT2D eigenvalue weighted by Gasteiger charge is -2.35. The van der Waals surface area contributed by atoms with Gasteiger partial charge in [-0.05, 0) is 62.8 Å². The molecule has 3 rings (SSSR count). The quantitative estimate of drug-likeness (QED) is 0.569. The number of benzene rings is 1. The minimum Gasteiger partial charge on any atom is -0.490 e. The number of piperidine rings is 1. The van der Waals surface area contributed by atoms with Crippen LogP contribution in [0, 0.1) is 5.92 Å². The van der Waals surface area contributed by atoms with Gasteiger partial charge in [-0.3, -0.25) is 9.59 Å². The van der Waals surface area contributed by atoms with Crippen molar-refractivity contribution < 1.29 is 19.1 Å². The summed E-state index contributed by atoms with van der Waals surface area (Å²) in [6.45, 7) is 6.67. The highest BCUT2D eigenvalue weighted by atomic mass is 16.5. The second-order valence-electron chi connectivity index (χ2n) is 8.76. The summed E-state index contributed by atoms with van der Waals surface area (Å²) in [5.41, 5.74) is 0.889. The van der Waals surface area contributed by atoms with Crippen LogP contribution in [-0.2, 0) is 9.59 Å². The van der Waals surface area contributed by atoms with Gasteiger partial charge in [-0.25, -0.2) is 0 Å². The van der Waals surface area contributed by atoms with Crippen LogP contribution in [0.25, 0.3) is 6.08 Å². The molecule has 1 saturated heterocycles. The van der Waals surface area contributed by atoms with Gasteiger partial charge in [0, 0.05) is 31.1 Å². The van der Waals surface area contributed by atoms with Crippen molar-refractivity contribution >= 4 is 17.9 Å². The van der Waals surface area contributed by atoms with E-state index in [4.69, 9.17) is 9.47 Å². The van der Waals surface area contributed by atoms with Gasteiger partial charge in [0.1, 0.15) is 0 Å². The fourth-order valence-electron chi connectivity index (χ4n) is 4.50. The molecule has 6 nitrogen and oxygen atoms in total. The zero-order chi connectivity index (χ0) is 22.8. The average molecular weight is 443 g/mol. The molecule has 0 radical (unpaired) electrons. The molecule has 2 amide bonds. The Morgan fingerprint density at radius 3 is 2.47 bits per heavy atom. The first-order valence-electron chi connectivity index (χ1n) is 12.3. The lowest BCUT2D eigenvalue weighted by Crippen LogP contribution is -2.48. The molecule has 176 valence electrons. The number of amides is 2. The van der Waals surface area contributed by atoms with Crippen molar-refractivity contribution in [2.75, 3.05) is 26.3 Å². The molecule has 2 aliphatic rings. The standard InChI is InChI=1S/C26H38N2O4/c1-3-18-32-23-12-10-20(19-24(23)31-4-2)11-13-25(29)27-22-14-16-28(17-15-22)26(30)21-8-6-5-7-9-21/h10-13,19,21-22H,3-9,14-18H2,1-2H3,(H,27,29)/b13-11+. The monoisotopic (exact) mass is 442 g/mol. The molecular formula is C26H38N2O4. The molecule has 1 N–H and O–H groups in total. The van der Waals surface area contributed by atoms with Crippen molar-refractivity contribution in [1.29, 1.82) is 0 Å². The topological polar surface area (TPSA) is 67.9 Å². The molecule has 1 saturated carbocycles. The van der Waals surface area contributed by atoms with E-state index in [9.17, 15) is 9.59 Å². The van der Waals surface area contributed by atoms with Gasteiger partial charge >= 0.3 is 0 Å². The zero-order valence-electron chi connectivity index (χ0n) is 19.6. The van der Waals surface area contributed by atoms with Crippen LogP contribution >= 0.6 is 0 Å². The van der Waals surface area contributed by atoms with Gasteiger partial charge in [0.05, 0.1) is 13.2 Å². The van der Waals surface area contributed by atoms with Crippen LogP contribution in [0.1, 0.15) is 70.8 Å². The van der Waals surface area contributed by atoms with Crippen LogP contribution in [0.5, 0.6) is 11.5 Å². The summed E-state index contributed by atoms with van der Waals surface area (Å²) in [4.78, 5) is 27.1. The largest absolute Gasteiger partial charge is 0.490 e. The number of nitrogens with one attached hydrogen (secondary N) is 1. The first-order valence-corrected chi connectivity index (χ1v) is 12.3. The summed E-state index contributed by atoms with van der Waals surface area (Å²) in [5.74, 6) is 1.86. The van der Waals surface area contributed by atoms with E-state index in [0.717, 1.165) is 56.5 Å². The number of hydrogen-bond acceptors (Lipinski definition) is 4. The SMILES string of the molecule is CCCOc1ccc(/C=C/C(=O)NC2CCN(C(=O)C3CCCCC3)CC2)cc1OCC. The van der Waals surface area contributed by atoms with Crippen molar-refractivity contribution in [3.8, 4) is 11.5 Å². The second-order valence-corrected chi connectivity index (χ2v) is 8.76. The van der Waals surface area contributed by atoms with Gasteiger partial charge < -0.3 is 19.7 Å². The normalized spacial score (nSPS) is 18.0. The smallest absolute Gasteiger partial charge is 0.244 e. The van der Waals surface area contributed by atoms with Crippen LogP contribution in [0.4, 0.5) is 0 Å². The number of rotatable bonds is 9. The molecule has 2 fully saturated rings. The molecule has 32 heavy (non-hydrogen) atoms. The number of likely N-dealkylation sites (tertiary alicyclic amines) is 1. The molecule has 0 aromatic heterocycles. The van der Waals surface area contributed by atoms with E-state index in [1.807, 2.05) is 30.0 Å². The Morgan fingerprint density at radius 1 is 1.03 bits per heavy atom. The Labute approximate surface area is 192 Å². The number of nitrogens with zero attached hydrogens (tertiary/aromatic N) is 1. The van der Waals surface area contributed by atoms with Gasteiger partial charge in [0.25, 0.3) is 0 Å². The van der Waals surface area contributed by atoms with Crippen LogP contribution in [0.15, 0.2) is 24.3 Å². The molecular weight excluding hydrogens is 404 g/mol. The third kappa shape index (κ3) is 7.01. The van der Waals surface area contributed by atoms with Gasteiger partial charge in [-0.15, -0.1) is 0 Å². The molecule has 0 atom stereocenters.